The van der Waals surface area contributed by atoms with E-state index in [4.69, 9.17) is 0 Å². The second-order valence-electron chi connectivity index (χ2n) is 4.47. The van der Waals surface area contributed by atoms with E-state index in [0.717, 1.165) is 21.8 Å². The Morgan fingerprint density at radius 1 is 1.09 bits per heavy atom. The van der Waals surface area contributed by atoms with Crippen LogP contribution in [0.4, 0.5) is 5.69 Å². The van der Waals surface area contributed by atoms with Crippen LogP contribution in [0.3, 0.4) is 0 Å². The minimum Gasteiger partial charge on any atom is -0.549 e. The maximum Gasteiger partial charge on any atom is 0.242 e. The van der Waals surface area contributed by atoms with Gasteiger partial charge in [-0.25, -0.2) is 0 Å². The van der Waals surface area contributed by atoms with Gasteiger partial charge in [0.25, 0.3) is 0 Å². The molecule has 1 N–H and O–H groups in total. The molecule has 2 aromatic carbocycles. The molecular formula is C16H13BrNO3S-. The van der Waals surface area contributed by atoms with Crippen LogP contribution in [0.5, 0.6) is 0 Å². The van der Waals surface area contributed by atoms with Gasteiger partial charge in [-0.3, -0.25) is 4.79 Å². The van der Waals surface area contributed by atoms with Crippen molar-refractivity contribution in [2.75, 3.05) is 11.1 Å². The maximum absolute atomic E-state index is 12.5. The number of rotatable bonds is 6. The molecule has 4 nitrogen and oxygen atoms in total. The summed E-state index contributed by atoms with van der Waals surface area (Å²) in [7, 11) is 0. The molecule has 0 saturated carbocycles. The number of hydrogen-bond acceptors (Lipinski definition) is 4. The smallest absolute Gasteiger partial charge is 0.242 e. The number of carboxylic acid groups (broad SMARTS) is 1. The summed E-state index contributed by atoms with van der Waals surface area (Å²) in [5, 5.41) is 12.9. The molecule has 0 aliphatic rings. The van der Waals surface area contributed by atoms with Crippen LogP contribution >= 0.6 is 27.7 Å². The van der Waals surface area contributed by atoms with Crippen molar-refractivity contribution < 1.29 is 14.7 Å². The van der Waals surface area contributed by atoms with Gasteiger partial charge in [0.2, 0.25) is 5.91 Å². The molecule has 2 aromatic rings. The summed E-state index contributed by atoms with van der Waals surface area (Å²) in [6.07, 6.45) is 0. The van der Waals surface area contributed by atoms with Gasteiger partial charge in [-0.15, -0.1) is 11.8 Å². The van der Waals surface area contributed by atoms with Gasteiger partial charge in [-0.1, -0.05) is 46.3 Å². The van der Waals surface area contributed by atoms with E-state index in [1.807, 2.05) is 30.3 Å². The Morgan fingerprint density at radius 2 is 1.73 bits per heavy atom. The number of aliphatic carboxylic acids is 1. The van der Waals surface area contributed by atoms with E-state index in [-0.39, 0.29) is 11.7 Å². The van der Waals surface area contributed by atoms with Gasteiger partial charge in [0.15, 0.2) is 0 Å². The van der Waals surface area contributed by atoms with Crippen LogP contribution in [0.15, 0.2) is 59.1 Å². The van der Waals surface area contributed by atoms with E-state index in [2.05, 4.69) is 21.2 Å². The monoisotopic (exact) mass is 378 g/mol. The SMILES string of the molecule is O=C([O-])CS[C@H](C(=O)Nc1ccc(Br)cc1)c1ccccc1. The Kier molecular flexibility index (Phi) is 6.03. The van der Waals surface area contributed by atoms with Gasteiger partial charge in [0, 0.05) is 15.9 Å². The van der Waals surface area contributed by atoms with Crippen LogP contribution in [0, 0.1) is 0 Å². The number of hydrogen-bond donors (Lipinski definition) is 1. The average molecular weight is 379 g/mol. The molecule has 0 fully saturated rings. The molecule has 0 aliphatic carbocycles. The van der Waals surface area contributed by atoms with Crippen molar-refractivity contribution in [2.24, 2.45) is 0 Å². The van der Waals surface area contributed by atoms with Gasteiger partial charge in [-0.2, -0.15) is 0 Å². The van der Waals surface area contributed by atoms with Crippen molar-refractivity contribution in [3.8, 4) is 0 Å². The van der Waals surface area contributed by atoms with E-state index in [1.54, 1.807) is 24.3 Å². The number of carbonyl (C=O) groups excluding carboxylic acids is 2. The lowest BCUT2D eigenvalue weighted by molar-refractivity contribution is -0.301. The Bertz CT molecular complexity index is 646. The van der Waals surface area contributed by atoms with Crippen LogP contribution in [0.1, 0.15) is 10.8 Å². The molecule has 0 heterocycles. The Morgan fingerprint density at radius 3 is 2.32 bits per heavy atom. The standard InChI is InChI=1S/C16H14BrNO3S/c17-12-6-8-13(9-7-12)18-16(21)15(22-10-14(19)20)11-4-2-1-3-5-11/h1-9,15H,10H2,(H,18,21)(H,19,20)/p-1/t15-/m0/s1. The van der Waals surface area contributed by atoms with Crippen molar-refractivity contribution in [1.82, 2.24) is 0 Å². The lowest BCUT2D eigenvalue weighted by Gasteiger charge is -2.17. The quantitative estimate of drug-likeness (QED) is 0.838. The molecule has 0 unspecified atom stereocenters. The van der Waals surface area contributed by atoms with Crippen LogP contribution in [-0.4, -0.2) is 17.6 Å². The van der Waals surface area contributed by atoms with Crippen molar-refractivity contribution >= 4 is 45.3 Å². The molecule has 0 saturated heterocycles. The number of benzene rings is 2. The van der Waals surface area contributed by atoms with Crippen molar-refractivity contribution in [2.45, 2.75) is 5.25 Å². The summed E-state index contributed by atoms with van der Waals surface area (Å²) in [4.78, 5) is 23.1. The Hall–Kier alpha value is -1.79. The van der Waals surface area contributed by atoms with Gasteiger partial charge in [0.05, 0.1) is 5.97 Å². The van der Waals surface area contributed by atoms with Gasteiger partial charge in [0.1, 0.15) is 5.25 Å². The Balaban J connectivity index is 2.14. The number of amides is 1. The largest absolute Gasteiger partial charge is 0.549 e. The fourth-order valence-electron chi connectivity index (χ4n) is 1.84. The zero-order valence-electron chi connectivity index (χ0n) is 11.5. The lowest BCUT2D eigenvalue weighted by atomic mass is 10.1. The van der Waals surface area contributed by atoms with Crippen molar-refractivity contribution in [3.63, 3.8) is 0 Å². The minimum atomic E-state index is -1.19. The van der Waals surface area contributed by atoms with Gasteiger partial charge < -0.3 is 15.2 Å². The molecule has 114 valence electrons. The highest BCUT2D eigenvalue weighted by Gasteiger charge is 2.21. The summed E-state index contributed by atoms with van der Waals surface area (Å²) in [6, 6.07) is 16.3. The highest BCUT2D eigenvalue weighted by atomic mass is 79.9. The number of nitrogens with one attached hydrogen (secondary N) is 1. The molecule has 0 radical (unpaired) electrons. The van der Waals surface area contributed by atoms with Crippen LogP contribution in [0.2, 0.25) is 0 Å². The lowest BCUT2D eigenvalue weighted by Crippen LogP contribution is -2.27. The minimum absolute atomic E-state index is 0.243. The number of carboxylic acids is 1. The zero-order chi connectivity index (χ0) is 15.9. The van der Waals surface area contributed by atoms with Gasteiger partial charge in [-0.05, 0) is 29.8 Å². The molecule has 0 aliphatic heterocycles. The topological polar surface area (TPSA) is 69.2 Å². The first-order chi connectivity index (χ1) is 10.6. The third-order valence-electron chi connectivity index (χ3n) is 2.82. The fourth-order valence-corrected chi connectivity index (χ4v) is 2.97. The molecule has 0 spiro atoms. The van der Waals surface area contributed by atoms with Crippen molar-refractivity contribution in [1.29, 1.82) is 0 Å². The molecular weight excluding hydrogens is 366 g/mol. The number of thioether (sulfide) groups is 1. The van der Waals surface area contributed by atoms with E-state index in [9.17, 15) is 14.7 Å². The Labute approximate surface area is 141 Å². The number of anilines is 1. The summed E-state index contributed by atoms with van der Waals surface area (Å²) in [5.41, 5.74) is 1.41. The maximum atomic E-state index is 12.5. The first-order valence-electron chi connectivity index (χ1n) is 6.49. The third-order valence-corrected chi connectivity index (χ3v) is 4.57. The average Bonchev–Trinajstić information content (AvgIpc) is 2.50. The highest BCUT2D eigenvalue weighted by molar-refractivity contribution is 9.10. The first-order valence-corrected chi connectivity index (χ1v) is 8.33. The van der Waals surface area contributed by atoms with E-state index in [1.165, 1.54) is 0 Å². The number of halogens is 1. The molecule has 2 rings (SSSR count). The normalized spacial score (nSPS) is 11.7. The summed E-state index contributed by atoms with van der Waals surface area (Å²) in [6.45, 7) is 0. The third kappa shape index (κ3) is 4.89. The highest BCUT2D eigenvalue weighted by Crippen LogP contribution is 2.30. The van der Waals surface area contributed by atoms with Crippen molar-refractivity contribution in [3.05, 3.63) is 64.6 Å². The summed E-state index contributed by atoms with van der Waals surface area (Å²) < 4.78 is 0.913. The second-order valence-corrected chi connectivity index (χ2v) is 6.48. The molecule has 0 aromatic heterocycles. The summed E-state index contributed by atoms with van der Waals surface area (Å²) in [5.74, 6) is -1.70. The predicted octanol–water partition coefficient (Wildman–Crippen LogP) is 2.61. The van der Waals surface area contributed by atoms with E-state index >= 15 is 0 Å². The molecule has 0 bridgehead atoms. The second kappa shape index (κ2) is 8.00. The predicted molar refractivity (Wildman–Crippen MR) is 89.4 cm³/mol. The van der Waals surface area contributed by atoms with Gasteiger partial charge >= 0.3 is 0 Å². The number of carbonyl (C=O) groups is 2. The molecule has 6 heteroatoms. The summed E-state index contributed by atoms with van der Waals surface area (Å²) >= 11 is 4.36. The van der Waals surface area contributed by atoms with Crippen LogP contribution < -0.4 is 10.4 Å². The molecule has 1 amide bonds. The van der Waals surface area contributed by atoms with E-state index < -0.39 is 11.2 Å². The van der Waals surface area contributed by atoms with Crippen LogP contribution in [-0.2, 0) is 9.59 Å². The van der Waals surface area contributed by atoms with Crippen LogP contribution in [0.25, 0.3) is 0 Å². The zero-order valence-corrected chi connectivity index (χ0v) is 13.9. The molecule has 1 atom stereocenters. The molecule has 22 heavy (non-hydrogen) atoms. The van der Waals surface area contributed by atoms with E-state index in [0.29, 0.717) is 5.69 Å². The fraction of sp³-hybridized carbons (Fsp3) is 0.125. The first kappa shape index (κ1) is 16.6.